The summed E-state index contributed by atoms with van der Waals surface area (Å²) in [4.78, 5) is 13.9. The zero-order valence-electron chi connectivity index (χ0n) is 16.3. The van der Waals surface area contributed by atoms with Crippen molar-refractivity contribution in [3.05, 3.63) is 53.6 Å². The molecule has 7 nitrogen and oxygen atoms in total. The van der Waals surface area contributed by atoms with E-state index in [-0.39, 0.29) is 10.7 Å². The van der Waals surface area contributed by atoms with Gasteiger partial charge in [-0.05, 0) is 36.8 Å². The smallest absolute Gasteiger partial charge is 0.243 e. The Morgan fingerprint density at radius 3 is 2.24 bits per heavy atom. The highest BCUT2D eigenvalue weighted by molar-refractivity contribution is 7.89. The molecule has 2 aliphatic rings. The van der Waals surface area contributed by atoms with Crippen LogP contribution in [0.25, 0.3) is 0 Å². The van der Waals surface area contributed by atoms with E-state index in [0.29, 0.717) is 45.0 Å². The summed E-state index contributed by atoms with van der Waals surface area (Å²) in [7, 11) is -3.55. The van der Waals surface area contributed by atoms with Crippen LogP contribution in [0.1, 0.15) is 22.8 Å². The predicted molar refractivity (Wildman–Crippen MR) is 108 cm³/mol. The molecule has 0 unspecified atom stereocenters. The van der Waals surface area contributed by atoms with Gasteiger partial charge < -0.3 is 9.47 Å². The van der Waals surface area contributed by atoms with Gasteiger partial charge in [0.2, 0.25) is 10.0 Å². The monoisotopic (exact) mass is 416 g/mol. The lowest BCUT2D eigenvalue weighted by atomic mass is 10.1. The number of piperazine rings is 1. The largest absolute Gasteiger partial charge is 0.486 e. The SMILES string of the molecule is CC(=O)c1ccc(S(=O)(=O)N2CCN(Cc3ccc4c(c3)OCCO4)CC2)cc1. The number of hydrogen-bond donors (Lipinski definition) is 0. The summed E-state index contributed by atoms with van der Waals surface area (Å²) in [6.07, 6.45) is 0. The summed E-state index contributed by atoms with van der Waals surface area (Å²) in [5.74, 6) is 1.46. The van der Waals surface area contributed by atoms with Crippen molar-refractivity contribution in [3.63, 3.8) is 0 Å². The minimum atomic E-state index is -3.55. The molecule has 154 valence electrons. The lowest BCUT2D eigenvalue weighted by Crippen LogP contribution is -2.48. The third-order valence-corrected chi connectivity index (χ3v) is 7.16. The molecule has 0 aliphatic carbocycles. The number of fused-ring (bicyclic) bond motifs is 1. The third kappa shape index (κ3) is 4.29. The van der Waals surface area contributed by atoms with Crippen LogP contribution in [0.5, 0.6) is 11.5 Å². The molecule has 0 bridgehead atoms. The maximum absolute atomic E-state index is 12.9. The first kappa shape index (κ1) is 19.9. The first-order valence-corrected chi connectivity index (χ1v) is 11.1. The molecule has 2 aromatic rings. The number of nitrogens with zero attached hydrogens (tertiary/aromatic N) is 2. The van der Waals surface area contributed by atoms with E-state index in [1.54, 1.807) is 12.1 Å². The van der Waals surface area contributed by atoms with Crippen molar-refractivity contribution in [1.29, 1.82) is 0 Å². The molecule has 29 heavy (non-hydrogen) atoms. The average molecular weight is 416 g/mol. The minimum absolute atomic E-state index is 0.0818. The molecule has 0 saturated carbocycles. The molecular formula is C21H24N2O5S. The van der Waals surface area contributed by atoms with Crippen molar-refractivity contribution in [2.24, 2.45) is 0 Å². The molecule has 0 radical (unpaired) electrons. The Kier molecular flexibility index (Phi) is 5.58. The Bertz CT molecular complexity index is 996. The number of sulfonamides is 1. The molecule has 0 amide bonds. The highest BCUT2D eigenvalue weighted by Crippen LogP contribution is 2.31. The summed E-state index contributed by atoms with van der Waals surface area (Å²) < 4.78 is 38.5. The van der Waals surface area contributed by atoms with Crippen molar-refractivity contribution >= 4 is 15.8 Å². The normalized spacial score (nSPS) is 17.8. The van der Waals surface area contributed by atoms with Gasteiger partial charge in [-0.3, -0.25) is 9.69 Å². The molecule has 1 fully saturated rings. The Morgan fingerprint density at radius 2 is 1.59 bits per heavy atom. The molecule has 2 aliphatic heterocycles. The summed E-state index contributed by atoms with van der Waals surface area (Å²) >= 11 is 0. The molecule has 1 saturated heterocycles. The van der Waals surface area contributed by atoms with E-state index in [9.17, 15) is 13.2 Å². The van der Waals surface area contributed by atoms with Crippen LogP contribution in [0.3, 0.4) is 0 Å². The number of rotatable bonds is 5. The van der Waals surface area contributed by atoms with Crippen molar-refractivity contribution in [3.8, 4) is 11.5 Å². The summed E-state index contributed by atoms with van der Waals surface area (Å²) in [6.45, 7) is 5.49. The second-order valence-corrected chi connectivity index (χ2v) is 9.18. The van der Waals surface area contributed by atoms with Gasteiger partial charge in [-0.1, -0.05) is 18.2 Å². The lowest BCUT2D eigenvalue weighted by molar-refractivity contribution is 0.101. The number of Topliss-reactive ketones (excluding diaryl/α,β-unsaturated/α-hetero) is 1. The van der Waals surface area contributed by atoms with Crippen molar-refractivity contribution < 1.29 is 22.7 Å². The Morgan fingerprint density at radius 1 is 0.931 bits per heavy atom. The van der Waals surface area contributed by atoms with Crippen LogP contribution in [-0.4, -0.2) is 62.8 Å². The van der Waals surface area contributed by atoms with Gasteiger partial charge in [0.25, 0.3) is 0 Å². The van der Waals surface area contributed by atoms with Gasteiger partial charge in [0.05, 0.1) is 4.90 Å². The van der Waals surface area contributed by atoms with Gasteiger partial charge in [0.1, 0.15) is 13.2 Å². The van der Waals surface area contributed by atoms with Crippen LogP contribution in [0.15, 0.2) is 47.4 Å². The van der Waals surface area contributed by atoms with Gasteiger partial charge in [0.15, 0.2) is 17.3 Å². The number of benzene rings is 2. The molecule has 0 N–H and O–H groups in total. The summed E-state index contributed by atoms with van der Waals surface area (Å²) in [6, 6.07) is 12.1. The fourth-order valence-electron chi connectivity index (χ4n) is 3.58. The molecule has 8 heteroatoms. The molecule has 0 spiro atoms. The van der Waals surface area contributed by atoms with Crippen LogP contribution >= 0.6 is 0 Å². The van der Waals surface area contributed by atoms with Crippen LogP contribution < -0.4 is 9.47 Å². The fraction of sp³-hybridized carbons (Fsp3) is 0.381. The fourth-order valence-corrected chi connectivity index (χ4v) is 5.01. The van der Waals surface area contributed by atoms with Gasteiger partial charge in [0, 0.05) is 38.3 Å². The maximum atomic E-state index is 12.9. The van der Waals surface area contributed by atoms with E-state index in [1.165, 1.54) is 23.4 Å². The van der Waals surface area contributed by atoms with E-state index in [2.05, 4.69) is 4.90 Å². The molecule has 0 aromatic heterocycles. The van der Waals surface area contributed by atoms with Gasteiger partial charge in [-0.2, -0.15) is 4.31 Å². The zero-order valence-corrected chi connectivity index (χ0v) is 17.2. The van der Waals surface area contributed by atoms with Crippen LogP contribution in [0, 0.1) is 0 Å². The number of carbonyl (C=O) groups is 1. The number of hydrogen-bond acceptors (Lipinski definition) is 6. The number of ether oxygens (including phenoxy) is 2. The minimum Gasteiger partial charge on any atom is -0.486 e. The molecule has 0 atom stereocenters. The van der Waals surface area contributed by atoms with Crippen molar-refractivity contribution in [1.82, 2.24) is 9.21 Å². The van der Waals surface area contributed by atoms with Crippen LogP contribution in [-0.2, 0) is 16.6 Å². The zero-order chi connectivity index (χ0) is 20.4. The maximum Gasteiger partial charge on any atom is 0.243 e. The Labute approximate surface area is 170 Å². The summed E-state index contributed by atoms with van der Waals surface area (Å²) in [5, 5.41) is 0. The van der Waals surface area contributed by atoms with Gasteiger partial charge in [-0.25, -0.2) is 8.42 Å². The third-order valence-electron chi connectivity index (χ3n) is 5.24. The highest BCUT2D eigenvalue weighted by Gasteiger charge is 2.28. The molecule has 2 heterocycles. The first-order chi connectivity index (χ1) is 13.9. The quantitative estimate of drug-likeness (QED) is 0.696. The second kappa shape index (κ2) is 8.14. The lowest BCUT2D eigenvalue weighted by Gasteiger charge is -2.34. The summed E-state index contributed by atoms with van der Waals surface area (Å²) in [5.41, 5.74) is 1.62. The van der Waals surface area contributed by atoms with E-state index in [0.717, 1.165) is 23.6 Å². The topological polar surface area (TPSA) is 76.2 Å². The molecule has 2 aromatic carbocycles. The number of carbonyl (C=O) groups excluding carboxylic acids is 1. The van der Waals surface area contributed by atoms with E-state index >= 15 is 0 Å². The molecular weight excluding hydrogens is 392 g/mol. The van der Waals surface area contributed by atoms with E-state index < -0.39 is 10.0 Å². The highest BCUT2D eigenvalue weighted by atomic mass is 32.2. The standard InChI is InChI=1S/C21H24N2O5S/c1-16(24)18-3-5-19(6-4-18)29(25,26)23-10-8-22(9-11-23)15-17-2-7-20-21(14-17)28-13-12-27-20/h2-7,14H,8-13,15H2,1H3. The van der Waals surface area contributed by atoms with Gasteiger partial charge in [-0.15, -0.1) is 0 Å². The van der Waals surface area contributed by atoms with Crippen molar-refractivity contribution in [2.75, 3.05) is 39.4 Å². The van der Waals surface area contributed by atoms with E-state index in [4.69, 9.17) is 9.47 Å². The van der Waals surface area contributed by atoms with Crippen molar-refractivity contribution in [2.45, 2.75) is 18.4 Å². The Balaban J connectivity index is 1.38. The first-order valence-electron chi connectivity index (χ1n) is 9.65. The second-order valence-electron chi connectivity index (χ2n) is 7.24. The van der Waals surface area contributed by atoms with Crippen LogP contribution in [0.4, 0.5) is 0 Å². The van der Waals surface area contributed by atoms with Crippen LogP contribution in [0.2, 0.25) is 0 Å². The van der Waals surface area contributed by atoms with Gasteiger partial charge >= 0.3 is 0 Å². The average Bonchev–Trinajstić information content (AvgIpc) is 2.74. The van der Waals surface area contributed by atoms with E-state index in [1.807, 2.05) is 18.2 Å². The number of ketones is 1. The molecule has 4 rings (SSSR count). The predicted octanol–water partition coefficient (Wildman–Crippen LogP) is 2.17. The Hall–Kier alpha value is -2.42.